The predicted molar refractivity (Wildman–Crippen MR) is 54.9 cm³/mol. The van der Waals surface area contributed by atoms with Crippen LogP contribution in [0, 0.1) is 0 Å². The molecule has 0 aromatic carbocycles. The van der Waals surface area contributed by atoms with Crippen molar-refractivity contribution in [2.45, 2.75) is 25.2 Å². The van der Waals surface area contributed by atoms with Gasteiger partial charge in [-0.15, -0.1) is 0 Å². The summed E-state index contributed by atoms with van der Waals surface area (Å²) in [7, 11) is 0. The van der Waals surface area contributed by atoms with E-state index < -0.39 is 24.9 Å². The molecule has 0 saturated heterocycles. The summed E-state index contributed by atoms with van der Waals surface area (Å²) in [6, 6.07) is 1.39. The topological polar surface area (TPSA) is 114 Å². The second-order valence-corrected chi connectivity index (χ2v) is 3.59. The van der Waals surface area contributed by atoms with E-state index in [2.05, 4.69) is 4.98 Å². The van der Waals surface area contributed by atoms with E-state index in [0.717, 1.165) is 0 Å². The Morgan fingerprint density at radius 3 is 2.50 bits per heavy atom. The van der Waals surface area contributed by atoms with Gasteiger partial charge in [-0.1, -0.05) is 0 Å². The van der Waals surface area contributed by atoms with E-state index in [1.54, 1.807) is 0 Å². The summed E-state index contributed by atoms with van der Waals surface area (Å²) < 4.78 is 0. The van der Waals surface area contributed by atoms with Gasteiger partial charge in [0.05, 0.1) is 12.3 Å². The zero-order chi connectivity index (χ0) is 12.3. The zero-order valence-corrected chi connectivity index (χ0v) is 8.79. The number of rotatable bonds is 5. The molecule has 0 spiro atoms. The van der Waals surface area contributed by atoms with Crippen molar-refractivity contribution >= 4 is 5.78 Å². The number of H-pyrrole nitrogens is 1. The number of aromatic amines is 1. The van der Waals surface area contributed by atoms with Crippen LogP contribution in [0.4, 0.5) is 0 Å². The number of carbonyl (C=O) groups excluding carboxylic acids is 1. The van der Waals surface area contributed by atoms with Crippen molar-refractivity contribution in [1.82, 2.24) is 4.98 Å². The smallest absolute Gasteiger partial charge is 0.175 e. The number of ketones is 1. The van der Waals surface area contributed by atoms with Gasteiger partial charge in [0.1, 0.15) is 18.3 Å². The summed E-state index contributed by atoms with van der Waals surface area (Å²) in [5.41, 5.74) is 0.588. The van der Waals surface area contributed by atoms with Gasteiger partial charge in [-0.25, -0.2) is 0 Å². The van der Waals surface area contributed by atoms with Crippen molar-refractivity contribution in [3.63, 3.8) is 0 Å². The second-order valence-electron chi connectivity index (χ2n) is 3.59. The van der Waals surface area contributed by atoms with Crippen LogP contribution in [0.2, 0.25) is 0 Å². The molecule has 1 aromatic rings. The lowest BCUT2D eigenvalue weighted by atomic mass is 10.0. The van der Waals surface area contributed by atoms with E-state index in [0.29, 0.717) is 5.69 Å². The Morgan fingerprint density at radius 2 is 2.06 bits per heavy atom. The van der Waals surface area contributed by atoms with Crippen molar-refractivity contribution in [3.8, 4) is 0 Å². The lowest BCUT2D eigenvalue weighted by Crippen LogP contribution is -2.34. The maximum Gasteiger partial charge on any atom is 0.175 e. The molecule has 0 aliphatic heterocycles. The minimum Gasteiger partial charge on any atom is -0.394 e. The predicted octanol–water partition coefficient (Wildman–Crippen LogP) is -1.04. The molecule has 0 aliphatic carbocycles. The lowest BCUT2D eigenvalue weighted by molar-refractivity contribution is -0.0776. The maximum absolute atomic E-state index is 11.0. The third-order valence-corrected chi connectivity index (χ3v) is 2.33. The first-order valence-electron chi connectivity index (χ1n) is 4.81. The molecule has 1 heterocycles. The van der Waals surface area contributed by atoms with E-state index in [1.807, 2.05) is 0 Å². The van der Waals surface area contributed by atoms with Gasteiger partial charge in [0.2, 0.25) is 0 Å². The average Bonchev–Trinajstić information content (AvgIpc) is 2.75. The zero-order valence-electron chi connectivity index (χ0n) is 8.79. The third-order valence-electron chi connectivity index (χ3n) is 2.33. The highest BCUT2D eigenvalue weighted by Gasteiger charge is 2.26. The average molecular weight is 229 g/mol. The molecule has 0 bridgehead atoms. The van der Waals surface area contributed by atoms with Gasteiger partial charge in [-0.05, 0) is 6.07 Å². The lowest BCUT2D eigenvalue weighted by Gasteiger charge is -2.20. The molecule has 90 valence electrons. The van der Waals surface area contributed by atoms with E-state index in [4.69, 9.17) is 10.2 Å². The van der Waals surface area contributed by atoms with Gasteiger partial charge >= 0.3 is 0 Å². The van der Waals surface area contributed by atoms with Crippen molar-refractivity contribution in [1.29, 1.82) is 0 Å². The highest BCUT2D eigenvalue weighted by molar-refractivity contribution is 5.92. The minimum atomic E-state index is -1.50. The molecule has 6 nitrogen and oxygen atoms in total. The molecule has 3 atom stereocenters. The van der Waals surface area contributed by atoms with Crippen molar-refractivity contribution in [3.05, 3.63) is 23.5 Å². The first-order valence-corrected chi connectivity index (χ1v) is 4.81. The number of hydrogen-bond acceptors (Lipinski definition) is 5. The Balaban J connectivity index is 2.79. The van der Waals surface area contributed by atoms with Crippen LogP contribution in [0.3, 0.4) is 0 Å². The van der Waals surface area contributed by atoms with Gasteiger partial charge in [0.15, 0.2) is 5.78 Å². The minimum absolute atomic E-state index is 0.198. The van der Waals surface area contributed by atoms with Gasteiger partial charge < -0.3 is 25.4 Å². The number of nitrogens with one attached hydrogen (secondary N) is 1. The third kappa shape index (κ3) is 2.67. The summed E-state index contributed by atoms with van der Waals surface area (Å²) >= 11 is 0. The fourth-order valence-electron chi connectivity index (χ4n) is 1.30. The highest BCUT2D eigenvalue weighted by Crippen LogP contribution is 2.20. The number of aliphatic hydroxyl groups is 4. The van der Waals surface area contributed by atoms with Crippen LogP contribution >= 0.6 is 0 Å². The molecule has 1 aromatic heterocycles. The van der Waals surface area contributed by atoms with Gasteiger partial charge in [-0.2, -0.15) is 0 Å². The van der Waals surface area contributed by atoms with Crippen LogP contribution in [-0.2, 0) is 0 Å². The van der Waals surface area contributed by atoms with Gasteiger partial charge in [-0.3, -0.25) is 4.79 Å². The number of aromatic nitrogens is 1. The quantitative estimate of drug-likeness (QED) is 0.414. The second kappa shape index (κ2) is 5.22. The van der Waals surface area contributed by atoms with Crippen LogP contribution in [0.5, 0.6) is 0 Å². The largest absolute Gasteiger partial charge is 0.394 e. The Labute approximate surface area is 92.2 Å². The molecule has 5 N–H and O–H groups in total. The highest BCUT2D eigenvalue weighted by atomic mass is 16.4. The number of carbonyl (C=O) groups is 1. The Kier molecular flexibility index (Phi) is 4.19. The van der Waals surface area contributed by atoms with E-state index in [1.165, 1.54) is 19.2 Å². The molecule has 0 radical (unpaired) electrons. The molecule has 16 heavy (non-hydrogen) atoms. The van der Waals surface area contributed by atoms with Crippen LogP contribution in [0.1, 0.15) is 29.1 Å². The molecule has 1 rings (SSSR count). The number of Topliss-reactive ketones (excluding diaryl/α,β-unsaturated/α-hetero) is 1. The number of aliphatic hydroxyl groups excluding tert-OH is 4. The van der Waals surface area contributed by atoms with Crippen molar-refractivity contribution in [2.75, 3.05) is 6.61 Å². The molecule has 0 saturated carbocycles. The maximum atomic E-state index is 11.0. The number of hydrogen-bond donors (Lipinski definition) is 5. The first-order chi connectivity index (χ1) is 7.47. The van der Waals surface area contributed by atoms with E-state index in [9.17, 15) is 15.0 Å². The summed E-state index contributed by atoms with van der Waals surface area (Å²) in [5.74, 6) is -0.198. The van der Waals surface area contributed by atoms with Crippen molar-refractivity contribution < 1.29 is 25.2 Å². The Morgan fingerprint density at radius 1 is 1.44 bits per heavy atom. The van der Waals surface area contributed by atoms with E-state index >= 15 is 0 Å². The van der Waals surface area contributed by atoms with Gasteiger partial charge in [0, 0.05) is 18.7 Å². The van der Waals surface area contributed by atoms with E-state index in [-0.39, 0.29) is 11.3 Å². The van der Waals surface area contributed by atoms with Crippen LogP contribution in [-0.4, -0.2) is 50.0 Å². The summed E-state index contributed by atoms with van der Waals surface area (Å²) in [4.78, 5) is 13.6. The standard InChI is InChI=1S/C10H15NO5/c1-5(13)7-2-6(3-11-7)9(15)10(16)8(14)4-12/h2-3,8-12,14-16H,4H2,1H3. The van der Waals surface area contributed by atoms with Crippen LogP contribution in [0.25, 0.3) is 0 Å². The molecule has 6 heteroatoms. The monoisotopic (exact) mass is 229 g/mol. The Hall–Kier alpha value is -1.21. The summed E-state index contributed by atoms with van der Waals surface area (Å²) in [5, 5.41) is 36.8. The first kappa shape index (κ1) is 12.9. The fourth-order valence-corrected chi connectivity index (χ4v) is 1.30. The molecule has 0 aliphatic rings. The Bertz CT molecular complexity index is 362. The summed E-state index contributed by atoms with van der Waals surface area (Å²) in [6.07, 6.45) is -2.91. The molecular weight excluding hydrogens is 214 g/mol. The molecule has 3 unspecified atom stereocenters. The molecular formula is C10H15NO5. The van der Waals surface area contributed by atoms with Crippen LogP contribution in [0.15, 0.2) is 12.3 Å². The molecule has 0 fully saturated rings. The van der Waals surface area contributed by atoms with Crippen LogP contribution < -0.4 is 0 Å². The van der Waals surface area contributed by atoms with Crippen molar-refractivity contribution in [2.24, 2.45) is 0 Å². The van der Waals surface area contributed by atoms with Gasteiger partial charge in [0.25, 0.3) is 0 Å². The summed E-state index contributed by atoms with van der Waals surface area (Å²) in [6.45, 7) is 0.712. The SMILES string of the molecule is CC(=O)c1cc(C(O)C(O)C(O)CO)c[nH]1. The normalized spacial score (nSPS) is 16.8. The fraction of sp³-hybridized carbons (Fsp3) is 0.500. The molecule has 0 amide bonds.